The van der Waals surface area contributed by atoms with E-state index in [1.54, 1.807) is 6.07 Å². The Hall–Kier alpha value is -0.910. The van der Waals surface area contributed by atoms with Gasteiger partial charge in [-0.1, -0.05) is 11.6 Å². The number of halogens is 1. The number of piperazine rings is 1. The summed E-state index contributed by atoms with van der Waals surface area (Å²) in [5, 5.41) is 10.3. The Kier molecular flexibility index (Phi) is 4.04. The third kappa shape index (κ3) is 3.80. The molecular weight excluding hydrogens is 252 g/mol. The van der Waals surface area contributed by atoms with Crippen LogP contribution < -0.4 is 4.90 Å². The van der Waals surface area contributed by atoms with Gasteiger partial charge in [0, 0.05) is 38.8 Å². The van der Waals surface area contributed by atoms with Crippen molar-refractivity contribution in [3.63, 3.8) is 0 Å². The van der Waals surface area contributed by atoms with Crippen LogP contribution in [0.2, 0.25) is 5.15 Å². The number of aliphatic hydroxyl groups is 1. The van der Waals surface area contributed by atoms with Crippen LogP contribution in [0.1, 0.15) is 13.8 Å². The predicted octanol–water partition coefficient (Wildman–Crippen LogP) is 1.02. The molecule has 1 aliphatic rings. The molecule has 1 saturated heterocycles. The Morgan fingerprint density at radius 3 is 2.50 bits per heavy atom. The van der Waals surface area contributed by atoms with Gasteiger partial charge >= 0.3 is 0 Å². The molecule has 100 valence electrons. The summed E-state index contributed by atoms with van der Waals surface area (Å²) in [7, 11) is 0. The van der Waals surface area contributed by atoms with Gasteiger partial charge in [-0.15, -0.1) is 0 Å². The number of hydrogen-bond acceptors (Lipinski definition) is 5. The average molecular weight is 271 g/mol. The molecule has 1 aromatic rings. The summed E-state index contributed by atoms with van der Waals surface area (Å²) < 4.78 is 0. The van der Waals surface area contributed by atoms with E-state index in [0.29, 0.717) is 11.7 Å². The molecule has 0 radical (unpaired) electrons. The van der Waals surface area contributed by atoms with Crippen molar-refractivity contribution in [2.45, 2.75) is 19.4 Å². The van der Waals surface area contributed by atoms with Gasteiger partial charge in [0.15, 0.2) is 0 Å². The predicted molar refractivity (Wildman–Crippen MR) is 72.0 cm³/mol. The molecule has 1 aromatic heterocycles. The molecular formula is C12H19ClN4O. The lowest BCUT2D eigenvalue weighted by Crippen LogP contribution is -2.50. The maximum Gasteiger partial charge on any atom is 0.134 e. The second kappa shape index (κ2) is 5.38. The molecule has 1 N–H and O–H groups in total. The van der Waals surface area contributed by atoms with Crippen molar-refractivity contribution in [3.05, 3.63) is 17.5 Å². The number of hydrogen-bond donors (Lipinski definition) is 1. The van der Waals surface area contributed by atoms with E-state index in [-0.39, 0.29) is 0 Å². The largest absolute Gasteiger partial charge is 0.389 e. The van der Waals surface area contributed by atoms with Crippen LogP contribution in [0.25, 0.3) is 0 Å². The van der Waals surface area contributed by atoms with Gasteiger partial charge in [0.2, 0.25) is 0 Å². The normalized spacial score (nSPS) is 18.1. The van der Waals surface area contributed by atoms with Crippen molar-refractivity contribution in [2.24, 2.45) is 0 Å². The molecule has 0 aliphatic carbocycles. The Balaban J connectivity index is 1.91. The molecule has 0 atom stereocenters. The van der Waals surface area contributed by atoms with Gasteiger partial charge in [-0.25, -0.2) is 9.97 Å². The van der Waals surface area contributed by atoms with Crippen molar-refractivity contribution in [3.8, 4) is 0 Å². The number of anilines is 1. The second-order valence-corrected chi connectivity index (χ2v) is 5.66. The number of β-amino-alcohol motifs (C(OH)–C–C–N with tert-alkyl or cyclic N) is 1. The fraction of sp³-hybridized carbons (Fsp3) is 0.667. The molecule has 1 fully saturated rings. The van der Waals surface area contributed by atoms with Crippen LogP contribution in [-0.4, -0.2) is 58.3 Å². The van der Waals surface area contributed by atoms with Crippen molar-refractivity contribution in [1.82, 2.24) is 14.9 Å². The standard InChI is InChI=1S/C12H19ClN4O/c1-12(2,18)8-16-3-5-17(6-4-16)11-7-10(13)14-9-15-11/h7,9,18H,3-6,8H2,1-2H3. The van der Waals surface area contributed by atoms with Crippen LogP contribution in [0.15, 0.2) is 12.4 Å². The first-order chi connectivity index (χ1) is 8.44. The Morgan fingerprint density at radius 1 is 1.28 bits per heavy atom. The molecule has 18 heavy (non-hydrogen) atoms. The lowest BCUT2D eigenvalue weighted by atomic mass is 10.1. The third-order valence-electron chi connectivity index (χ3n) is 2.93. The van der Waals surface area contributed by atoms with Crippen LogP contribution in [0.3, 0.4) is 0 Å². The summed E-state index contributed by atoms with van der Waals surface area (Å²) in [6.07, 6.45) is 1.49. The van der Waals surface area contributed by atoms with E-state index in [0.717, 1.165) is 32.0 Å². The minimum atomic E-state index is -0.638. The van der Waals surface area contributed by atoms with Crippen molar-refractivity contribution in [1.29, 1.82) is 0 Å². The Bertz CT molecular complexity index is 399. The van der Waals surface area contributed by atoms with Crippen LogP contribution in [0, 0.1) is 0 Å². The molecule has 0 saturated carbocycles. The highest BCUT2D eigenvalue weighted by Gasteiger charge is 2.23. The van der Waals surface area contributed by atoms with Gasteiger partial charge in [0.25, 0.3) is 0 Å². The summed E-state index contributed by atoms with van der Waals surface area (Å²) in [5.41, 5.74) is -0.638. The highest BCUT2D eigenvalue weighted by molar-refractivity contribution is 6.29. The summed E-state index contributed by atoms with van der Waals surface area (Å²) in [6, 6.07) is 1.78. The van der Waals surface area contributed by atoms with Crippen molar-refractivity contribution in [2.75, 3.05) is 37.6 Å². The van der Waals surface area contributed by atoms with E-state index in [1.165, 1.54) is 6.33 Å². The van der Waals surface area contributed by atoms with Gasteiger partial charge < -0.3 is 10.0 Å². The molecule has 1 aliphatic heterocycles. The van der Waals surface area contributed by atoms with Gasteiger partial charge in [-0.3, -0.25) is 4.90 Å². The minimum Gasteiger partial charge on any atom is -0.389 e. The summed E-state index contributed by atoms with van der Waals surface area (Å²) in [6.45, 7) is 8.00. The van der Waals surface area contributed by atoms with E-state index in [4.69, 9.17) is 11.6 Å². The number of rotatable bonds is 3. The SMILES string of the molecule is CC(C)(O)CN1CCN(c2cc(Cl)ncn2)CC1. The lowest BCUT2D eigenvalue weighted by molar-refractivity contribution is 0.0344. The first-order valence-corrected chi connectivity index (χ1v) is 6.49. The quantitative estimate of drug-likeness (QED) is 0.832. The molecule has 0 spiro atoms. The molecule has 2 heterocycles. The number of nitrogens with zero attached hydrogens (tertiary/aromatic N) is 4. The van der Waals surface area contributed by atoms with Crippen molar-refractivity contribution >= 4 is 17.4 Å². The molecule has 0 bridgehead atoms. The monoisotopic (exact) mass is 270 g/mol. The van der Waals surface area contributed by atoms with E-state index in [2.05, 4.69) is 19.8 Å². The minimum absolute atomic E-state index is 0.471. The molecule has 0 aromatic carbocycles. The summed E-state index contributed by atoms with van der Waals surface area (Å²) in [4.78, 5) is 12.6. The van der Waals surface area contributed by atoms with E-state index in [9.17, 15) is 5.11 Å². The molecule has 5 nitrogen and oxygen atoms in total. The fourth-order valence-electron chi connectivity index (χ4n) is 2.18. The van der Waals surface area contributed by atoms with Crippen LogP contribution in [-0.2, 0) is 0 Å². The van der Waals surface area contributed by atoms with E-state index < -0.39 is 5.60 Å². The summed E-state index contributed by atoms with van der Waals surface area (Å²) in [5.74, 6) is 0.873. The second-order valence-electron chi connectivity index (χ2n) is 5.27. The molecule has 6 heteroatoms. The molecule has 0 amide bonds. The van der Waals surface area contributed by atoms with Gasteiger partial charge in [0.1, 0.15) is 17.3 Å². The molecule has 2 rings (SSSR count). The highest BCUT2D eigenvalue weighted by atomic mass is 35.5. The smallest absolute Gasteiger partial charge is 0.134 e. The zero-order valence-electron chi connectivity index (χ0n) is 10.8. The highest BCUT2D eigenvalue weighted by Crippen LogP contribution is 2.17. The Labute approximate surface area is 112 Å². The maximum atomic E-state index is 9.80. The average Bonchev–Trinajstić information content (AvgIpc) is 2.28. The first kappa shape index (κ1) is 13.5. The number of aromatic nitrogens is 2. The first-order valence-electron chi connectivity index (χ1n) is 6.11. The van der Waals surface area contributed by atoms with Gasteiger partial charge in [0.05, 0.1) is 5.60 Å². The van der Waals surface area contributed by atoms with Gasteiger partial charge in [-0.05, 0) is 13.8 Å². The maximum absolute atomic E-state index is 9.80. The van der Waals surface area contributed by atoms with E-state index >= 15 is 0 Å². The Morgan fingerprint density at radius 2 is 1.94 bits per heavy atom. The fourth-order valence-corrected chi connectivity index (χ4v) is 2.32. The van der Waals surface area contributed by atoms with Gasteiger partial charge in [-0.2, -0.15) is 0 Å². The third-order valence-corrected chi connectivity index (χ3v) is 3.13. The van der Waals surface area contributed by atoms with E-state index in [1.807, 2.05) is 13.8 Å². The summed E-state index contributed by atoms with van der Waals surface area (Å²) >= 11 is 5.86. The van der Waals surface area contributed by atoms with Crippen LogP contribution >= 0.6 is 11.6 Å². The molecule has 0 unspecified atom stereocenters. The van der Waals surface area contributed by atoms with Crippen LogP contribution in [0.5, 0.6) is 0 Å². The zero-order valence-corrected chi connectivity index (χ0v) is 11.6. The topological polar surface area (TPSA) is 52.5 Å². The van der Waals surface area contributed by atoms with Crippen LogP contribution in [0.4, 0.5) is 5.82 Å². The lowest BCUT2D eigenvalue weighted by Gasteiger charge is -2.37. The van der Waals surface area contributed by atoms with Crippen molar-refractivity contribution < 1.29 is 5.11 Å². The zero-order chi connectivity index (χ0) is 13.2.